The van der Waals surface area contributed by atoms with Gasteiger partial charge in [0.1, 0.15) is 0 Å². The van der Waals surface area contributed by atoms with Crippen LogP contribution in [0.15, 0.2) is 0 Å². The third-order valence-electron chi connectivity index (χ3n) is 7.93. The number of carbonyl (C=O) groups is 4. The van der Waals surface area contributed by atoms with Crippen LogP contribution in [0, 0.1) is 37.5 Å². The SMILES string of the molecule is CC(C)CCCCCOC(=O)C[S-].CC(C)CCCCCOC(=O)C[S-].CC(C)CCCCCOC(=O)C[S-].CC(C)CCCCCOC(=O)C[S-].O.[CH2]CCC.[CH2]CCC.[Sn+2].[Sn+2]. The molecule has 0 spiro atoms. The largest absolute Gasteiger partial charge is 2.00 e. The zero-order valence-corrected chi connectivity index (χ0v) is 50.9. The van der Waals surface area contributed by atoms with Crippen molar-refractivity contribution in [2.45, 2.75) is 198 Å². The predicted octanol–water partition coefficient (Wildman–Crippen LogP) is 10.8. The fourth-order valence-corrected chi connectivity index (χ4v) is 4.57. The first-order valence-corrected chi connectivity index (χ1v) is 25.3. The molecule has 0 saturated carbocycles. The van der Waals surface area contributed by atoms with E-state index in [-0.39, 0.29) is 100 Å². The van der Waals surface area contributed by atoms with Gasteiger partial charge in [-0.25, -0.2) is 0 Å². The Hall–Kier alpha value is 0.837. The van der Waals surface area contributed by atoms with Gasteiger partial charge in [0.2, 0.25) is 0 Å². The van der Waals surface area contributed by atoms with Crippen molar-refractivity contribution in [2.75, 3.05) is 49.4 Å². The van der Waals surface area contributed by atoms with Gasteiger partial charge >= 0.3 is 47.8 Å². The van der Waals surface area contributed by atoms with E-state index in [0.717, 1.165) is 87.9 Å². The average molecular weight is 1180 g/mol. The molecule has 0 amide bonds. The van der Waals surface area contributed by atoms with Crippen LogP contribution in [-0.4, -0.2) is 127 Å². The third kappa shape index (κ3) is 106. The molecule has 0 fully saturated rings. The Bertz CT molecular complexity index is 738. The first-order valence-electron chi connectivity index (χ1n) is 23.0. The van der Waals surface area contributed by atoms with Crippen molar-refractivity contribution in [1.29, 1.82) is 0 Å². The fraction of sp³-hybridized carbons (Fsp3) is 0.875. The first kappa shape index (κ1) is 83.8. The molecule has 6 radical (unpaired) electrons. The van der Waals surface area contributed by atoms with Crippen LogP contribution in [0.2, 0.25) is 0 Å². The molecule has 0 saturated heterocycles. The molecule has 2 N–H and O–H groups in total. The van der Waals surface area contributed by atoms with Crippen LogP contribution in [-0.2, 0) is 88.6 Å². The van der Waals surface area contributed by atoms with Crippen molar-refractivity contribution in [3.8, 4) is 0 Å². The smallest absolute Gasteiger partial charge is 0.782 e. The van der Waals surface area contributed by atoms with Crippen molar-refractivity contribution < 1.29 is 43.6 Å². The van der Waals surface area contributed by atoms with Crippen molar-refractivity contribution >= 4 is 122 Å². The van der Waals surface area contributed by atoms with Gasteiger partial charge in [-0.2, -0.15) is 0 Å². The Morgan fingerprint density at radius 2 is 0.540 bits per heavy atom. The van der Waals surface area contributed by atoms with Crippen molar-refractivity contribution in [2.24, 2.45) is 23.7 Å². The Morgan fingerprint density at radius 1 is 0.381 bits per heavy atom. The molecule has 63 heavy (non-hydrogen) atoms. The van der Waals surface area contributed by atoms with E-state index in [2.05, 4.69) is 134 Å². The Morgan fingerprint density at radius 3 is 0.651 bits per heavy atom. The average Bonchev–Trinajstić information content (AvgIpc) is 3.22. The summed E-state index contributed by atoms with van der Waals surface area (Å²) in [6.07, 6.45) is 22.9. The van der Waals surface area contributed by atoms with E-state index in [1.54, 1.807) is 0 Å². The van der Waals surface area contributed by atoms with Gasteiger partial charge in [-0.1, -0.05) is 209 Å². The second-order valence-corrected chi connectivity index (χ2v) is 17.3. The second kappa shape index (κ2) is 74.4. The van der Waals surface area contributed by atoms with Gasteiger partial charge in [0, 0.05) is 0 Å². The molecule has 9 nitrogen and oxygen atoms in total. The summed E-state index contributed by atoms with van der Waals surface area (Å²) in [4.78, 5) is 42.5. The summed E-state index contributed by atoms with van der Waals surface area (Å²) in [6, 6.07) is 0. The second-order valence-electron chi connectivity index (χ2n) is 16.1. The van der Waals surface area contributed by atoms with Crippen LogP contribution in [0.1, 0.15) is 198 Å². The maximum absolute atomic E-state index is 10.6. The molecule has 374 valence electrons. The summed E-state index contributed by atoms with van der Waals surface area (Å²) in [5.74, 6) is 2.34. The number of hydrogen-bond donors (Lipinski definition) is 0. The first-order chi connectivity index (χ1) is 28.5. The van der Waals surface area contributed by atoms with Gasteiger partial charge < -0.3 is 74.9 Å². The van der Waals surface area contributed by atoms with Crippen LogP contribution in [0.4, 0.5) is 0 Å². The molecule has 15 heteroatoms. The van der Waals surface area contributed by atoms with Gasteiger partial charge in [-0.05, 0) is 49.4 Å². The summed E-state index contributed by atoms with van der Waals surface area (Å²) < 4.78 is 19.4. The zero-order chi connectivity index (χ0) is 47.2. The third-order valence-corrected chi connectivity index (χ3v) is 8.88. The van der Waals surface area contributed by atoms with E-state index in [0.29, 0.717) is 26.4 Å². The van der Waals surface area contributed by atoms with Gasteiger partial charge in [0.05, 0.1) is 26.4 Å². The van der Waals surface area contributed by atoms with E-state index >= 15 is 0 Å². The van der Waals surface area contributed by atoms with E-state index in [9.17, 15) is 19.2 Å². The Balaban J connectivity index is -0.0000000819. The van der Waals surface area contributed by atoms with E-state index in [1.165, 1.54) is 64.2 Å². The molecule has 0 atom stereocenters. The molecular formula is C48H96O9S4Sn2. The molecular weight excluding hydrogens is 1090 g/mol. The predicted molar refractivity (Wildman–Crippen MR) is 282 cm³/mol. The molecule has 0 aliphatic rings. The normalized spacial score (nSPS) is 9.59. The minimum atomic E-state index is -0.265. The number of rotatable bonds is 30. The molecule has 0 aliphatic carbocycles. The summed E-state index contributed by atoms with van der Waals surface area (Å²) >= 11 is 18.1. The molecule has 0 aromatic heterocycles. The molecule has 0 rings (SSSR count). The Kier molecular flexibility index (Phi) is 99.0. The number of unbranched alkanes of at least 4 members (excludes halogenated alkanes) is 10. The van der Waals surface area contributed by atoms with Crippen LogP contribution in [0.3, 0.4) is 0 Å². The van der Waals surface area contributed by atoms with Crippen molar-refractivity contribution in [3.05, 3.63) is 13.8 Å². The summed E-state index contributed by atoms with van der Waals surface area (Å²) in [5.41, 5.74) is 0. The van der Waals surface area contributed by atoms with Crippen LogP contribution in [0.5, 0.6) is 0 Å². The van der Waals surface area contributed by atoms with Crippen LogP contribution in [0.25, 0.3) is 0 Å². The van der Waals surface area contributed by atoms with E-state index in [4.69, 9.17) is 18.9 Å². The summed E-state index contributed by atoms with van der Waals surface area (Å²) in [6.45, 7) is 31.3. The zero-order valence-electron chi connectivity index (χ0n) is 41.9. The minimum Gasteiger partial charge on any atom is -0.782 e. The summed E-state index contributed by atoms with van der Waals surface area (Å²) in [5, 5.41) is 0. The number of carbonyl (C=O) groups excluding carboxylic acids is 4. The van der Waals surface area contributed by atoms with E-state index < -0.39 is 0 Å². The molecule has 0 unspecified atom stereocenters. The molecule has 0 bridgehead atoms. The molecule has 0 aromatic rings. The van der Waals surface area contributed by atoms with Crippen LogP contribution >= 0.6 is 0 Å². The topological polar surface area (TPSA) is 137 Å². The molecule has 0 heterocycles. The maximum atomic E-state index is 10.6. The van der Waals surface area contributed by atoms with E-state index in [1.807, 2.05) is 0 Å². The maximum Gasteiger partial charge on any atom is 2.00 e. The number of esters is 4. The quantitative estimate of drug-likeness (QED) is 0.0223. The van der Waals surface area contributed by atoms with Crippen molar-refractivity contribution in [3.63, 3.8) is 0 Å². The Labute approximate surface area is 446 Å². The fourth-order valence-electron chi connectivity index (χ4n) is 4.24. The number of ether oxygens (including phenoxy) is 4. The summed E-state index contributed by atoms with van der Waals surface area (Å²) in [7, 11) is 0. The standard InChI is InChI=1S/4C10H20O2S.2C4H9.H2O.2Sn/c4*1-9(2)6-4-3-5-7-12-10(11)8-13;2*1-3-4-2;;;/h4*9,13H,3-8H2,1-2H3;2*1,3-4H2,2H3;1H2;;/q;;;;;;;2*+2/p-4. The van der Waals surface area contributed by atoms with Gasteiger partial charge in [0.25, 0.3) is 23.9 Å². The van der Waals surface area contributed by atoms with Crippen molar-refractivity contribution in [1.82, 2.24) is 0 Å². The molecule has 0 aliphatic heterocycles. The monoisotopic (exact) mass is 1180 g/mol. The van der Waals surface area contributed by atoms with Gasteiger partial charge in [0.15, 0.2) is 0 Å². The van der Waals surface area contributed by atoms with Gasteiger partial charge in [-0.15, -0.1) is 0 Å². The molecule has 0 aromatic carbocycles. The minimum absolute atomic E-state index is 0. The van der Waals surface area contributed by atoms with Gasteiger partial charge in [-0.3, -0.25) is 19.2 Å². The van der Waals surface area contributed by atoms with Crippen LogP contribution < -0.4 is 0 Å². The number of hydrogen-bond acceptors (Lipinski definition) is 12.